The summed E-state index contributed by atoms with van der Waals surface area (Å²) in [4.78, 5) is 0. The number of rotatable bonds is 3. The molecule has 1 aromatic carbocycles. The minimum atomic E-state index is 0.238. The van der Waals surface area contributed by atoms with Crippen molar-refractivity contribution in [3.63, 3.8) is 0 Å². The number of ether oxygens (including phenoxy) is 1. The van der Waals surface area contributed by atoms with Gasteiger partial charge >= 0.3 is 0 Å². The number of benzene rings is 1. The summed E-state index contributed by atoms with van der Waals surface area (Å²) in [5.74, 6) is 0.763. The van der Waals surface area contributed by atoms with Crippen LogP contribution in [0.1, 0.15) is 24.1 Å². The molecule has 0 saturated carbocycles. The molecule has 1 N–H and O–H groups in total. The summed E-state index contributed by atoms with van der Waals surface area (Å²) in [6.07, 6.45) is 0. The Morgan fingerprint density at radius 3 is 2.57 bits per heavy atom. The third-order valence-corrected chi connectivity index (χ3v) is 2.60. The van der Waals surface area contributed by atoms with Crippen molar-refractivity contribution in [3.05, 3.63) is 28.3 Å². The Hall–Kier alpha value is -0.730. The molecule has 14 heavy (non-hydrogen) atoms. The molecular weight excluding hydrogens is 198 g/mol. The Kier molecular flexibility index (Phi) is 3.78. The van der Waals surface area contributed by atoms with E-state index in [-0.39, 0.29) is 6.04 Å². The molecule has 78 valence electrons. The topological polar surface area (TPSA) is 21.3 Å². The van der Waals surface area contributed by atoms with Crippen LogP contribution in [0.2, 0.25) is 5.02 Å². The number of aryl methyl sites for hydroxylation is 1. The van der Waals surface area contributed by atoms with Crippen molar-refractivity contribution in [1.82, 2.24) is 5.32 Å². The number of hydrogen-bond acceptors (Lipinski definition) is 2. The molecule has 0 unspecified atom stereocenters. The van der Waals surface area contributed by atoms with Crippen LogP contribution in [0.5, 0.6) is 5.75 Å². The molecule has 0 aromatic heterocycles. The van der Waals surface area contributed by atoms with Gasteiger partial charge in [0, 0.05) is 11.6 Å². The average molecular weight is 214 g/mol. The zero-order valence-electron chi connectivity index (χ0n) is 9.02. The van der Waals surface area contributed by atoms with Gasteiger partial charge in [-0.3, -0.25) is 0 Å². The van der Waals surface area contributed by atoms with Crippen LogP contribution < -0.4 is 10.1 Å². The van der Waals surface area contributed by atoms with E-state index in [9.17, 15) is 0 Å². The third kappa shape index (κ3) is 2.20. The maximum atomic E-state index is 6.08. The zero-order chi connectivity index (χ0) is 10.7. The Morgan fingerprint density at radius 1 is 1.43 bits per heavy atom. The zero-order valence-corrected chi connectivity index (χ0v) is 9.77. The lowest BCUT2D eigenvalue weighted by Crippen LogP contribution is -2.13. The van der Waals surface area contributed by atoms with Crippen molar-refractivity contribution < 1.29 is 4.74 Å². The van der Waals surface area contributed by atoms with Crippen LogP contribution in [0.3, 0.4) is 0 Å². The van der Waals surface area contributed by atoms with E-state index in [4.69, 9.17) is 16.3 Å². The van der Waals surface area contributed by atoms with Crippen molar-refractivity contribution >= 4 is 11.6 Å². The maximum Gasteiger partial charge on any atom is 0.142 e. The lowest BCUT2D eigenvalue weighted by Gasteiger charge is -2.16. The smallest absolute Gasteiger partial charge is 0.142 e. The SMILES string of the molecule is CN[C@H](C)c1cc(C)cc(Cl)c1OC. The fourth-order valence-corrected chi connectivity index (χ4v) is 1.81. The molecule has 1 atom stereocenters. The second-order valence-corrected chi connectivity index (χ2v) is 3.79. The van der Waals surface area contributed by atoms with Crippen LogP contribution in [0.25, 0.3) is 0 Å². The van der Waals surface area contributed by atoms with E-state index < -0.39 is 0 Å². The molecule has 0 aliphatic rings. The maximum absolute atomic E-state index is 6.08. The first-order valence-corrected chi connectivity index (χ1v) is 4.99. The minimum absolute atomic E-state index is 0.238. The molecule has 1 aromatic rings. The Labute approximate surface area is 90.2 Å². The Morgan fingerprint density at radius 2 is 2.07 bits per heavy atom. The highest BCUT2D eigenvalue weighted by Crippen LogP contribution is 2.33. The van der Waals surface area contributed by atoms with Gasteiger partial charge in [-0.05, 0) is 32.5 Å². The first kappa shape index (κ1) is 11.3. The molecule has 0 spiro atoms. The second kappa shape index (κ2) is 4.67. The first-order chi connectivity index (χ1) is 6.60. The van der Waals surface area contributed by atoms with Gasteiger partial charge in [-0.2, -0.15) is 0 Å². The predicted molar refractivity (Wildman–Crippen MR) is 60.2 cm³/mol. The van der Waals surface area contributed by atoms with Gasteiger partial charge in [0.2, 0.25) is 0 Å². The van der Waals surface area contributed by atoms with E-state index in [0.29, 0.717) is 5.02 Å². The number of hydrogen-bond donors (Lipinski definition) is 1. The molecule has 0 saturated heterocycles. The Bertz CT molecular complexity index is 325. The minimum Gasteiger partial charge on any atom is -0.495 e. The van der Waals surface area contributed by atoms with Gasteiger partial charge in [-0.1, -0.05) is 17.7 Å². The molecule has 0 radical (unpaired) electrons. The highest BCUT2D eigenvalue weighted by atomic mass is 35.5. The molecule has 2 nitrogen and oxygen atoms in total. The molecule has 1 rings (SSSR count). The summed E-state index contributed by atoms with van der Waals surface area (Å²) < 4.78 is 5.28. The molecule has 0 fully saturated rings. The van der Waals surface area contributed by atoms with E-state index in [0.717, 1.165) is 16.9 Å². The lowest BCUT2D eigenvalue weighted by molar-refractivity contribution is 0.404. The molecule has 0 bridgehead atoms. The van der Waals surface area contributed by atoms with Crippen molar-refractivity contribution in [2.75, 3.05) is 14.2 Å². The highest BCUT2D eigenvalue weighted by Gasteiger charge is 2.13. The summed E-state index contributed by atoms with van der Waals surface area (Å²) in [6, 6.07) is 4.24. The number of halogens is 1. The number of nitrogens with one attached hydrogen (secondary N) is 1. The average Bonchev–Trinajstić information content (AvgIpc) is 2.15. The summed E-state index contributed by atoms with van der Waals surface area (Å²) in [5, 5.41) is 3.84. The van der Waals surface area contributed by atoms with E-state index in [1.54, 1.807) is 7.11 Å². The van der Waals surface area contributed by atoms with E-state index >= 15 is 0 Å². The quantitative estimate of drug-likeness (QED) is 0.834. The standard InChI is InChI=1S/C11H16ClNO/c1-7-5-9(8(2)13-3)11(14-4)10(12)6-7/h5-6,8,13H,1-4H3/t8-/m1/s1. The van der Waals surface area contributed by atoms with Gasteiger partial charge in [0.15, 0.2) is 0 Å². The van der Waals surface area contributed by atoms with Gasteiger partial charge in [0.1, 0.15) is 5.75 Å². The van der Waals surface area contributed by atoms with Crippen LogP contribution in [0.4, 0.5) is 0 Å². The van der Waals surface area contributed by atoms with E-state index in [2.05, 4.69) is 18.3 Å². The summed E-state index contributed by atoms with van der Waals surface area (Å²) in [7, 11) is 3.56. The van der Waals surface area contributed by atoms with Gasteiger partial charge in [0.25, 0.3) is 0 Å². The molecule has 0 amide bonds. The van der Waals surface area contributed by atoms with Gasteiger partial charge in [-0.25, -0.2) is 0 Å². The molecule has 0 heterocycles. The van der Waals surface area contributed by atoms with E-state index in [1.807, 2.05) is 20.0 Å². The third-order valence-electron chi connectivity index (χ3n) is 2.32. The normalized spacial score (nSPS) is 12.6. The first-order valence-electron chi connectivity index (χ1n) is 4.61. The molecular formula is C11H16ClNO. The van der Waals surface area contributed by atoms with Crippen molar-refractivity contribution in [1.29, 1.82) is 0 Å². The number of methoxy groups -OCH3 is 1. The predicted octanol–water partition coefficient (Wildman–Crippen LogP) is 2.94. The lowest BCUT2D eigenvalue weighted by atomic mass is 10.0. The van der Waals surface area contributed by atoms with Crippen molar-refractivity contribution in [2.45, 2.75) is 19.9 Å². The van der Waals surface area contributed by atoms with Crippen LogP contribution in [0.15, 0.2) is 12.1 Å². The van der Waals surface area contributed by atoms with Crippen LogP contribution >= 0.6 is 11.6 Å². The molecule has 0 aliphatic heterocycles. The van der Waals surface area contributed by atoms with Crippen LogP contribution in [-0.4, -0.2) is 14.2 Å². The van der Waals surface area contributed by atoms with Crippen molar-refractivity contribution in [3.8, 4) is 5.75 Å². The van der Waals surface area contributed by atoms with Crippen LogP contribution in [-0.2, 0) is 0 Å². The van der Waals surface area contributed by atoms with Gasteiger partial charge in [-0.15, -0.1) is 0 Å². The summed E-state index contributed by atoms with van der Waals surface area (Å²) in [6.45, 7) is 4.10. The molecule has 3 heteroatoms. The largest absolute Gasteiger partial charge is 0.495 e. The van der Waals surface area contributed by atoms with Crippen molar-refractivity contribution in [2.24, 2.45) is 0 Å². The second-order valence-electron chi connectivity index (χ2n) is 3.38. The summed E-state index contributed by atoms with van der Waals surface area (Å²) >= 11 is 6.08. The molecule has 0 aliphatic carbocycles. The fourth-order valence-electron chi connectivity index (χ4n) is 1.45. The van der Waals surface area contributed by atoms with E-state index in [1.165, 1.54) is 0 Å². The van der Waals surface area contributed by atoms with Gasteiger partial charge in [0.05, 0.1) is 12.1 Å². The fraction of sp³-hybridized carbons (Fsp3) is 0.455. The monoisotopic (exact) mass is 213 g/mol. The van der Waals surface area contributed by atoms with Crippen LogP contribution in [0, 0.1) is 6.92 Å². The van der Waals surface area contributed by atoms with Gasteiger partial charge < -0.3 is 10.1 Å². The highest BCUT2D eigenvalue weighted by molar-refractivity contribution is 6.32. The Balaban J connectivity index is 3.24. The summed E-state index contributed by atoms with van der Waals surface area (Å²) in [5.41, 5.74) is 2.24.